The minimum Gasteiger partial charge on any atom is -0.341 e. The minimum atomic E-state index is -0.0177. The molecule has 2 atom stereocenters. The molecule has 3 rings (SSSR count). The average Bonchev–Trinajstić information content (AvgIpc) is 3.23. The van der Waals surface area contributed by atoms with E-state index < -0.39 is 0 Å². The van der Waals surface area contributed by atoms with Gasteiger partial charge in [-0.25, -0.2) is 4.98 Å². The van der Waals surface area contributed by atoms with Gasteiger partial charge in [0, 0.05) is 23.9 Å². The van der Waals surface area contributed by atoms with Crippen LogP contribution >= 0.6 is 11.8 Å². The number of nitrogens with one attached hydrogen (secondary N) is 1. The van der Waals surface area contributed by atoms with Gasteiger partial charge in [0.1, 0.15) is 12.2 Å². The number of amides is 1. The van der Waals surface area contributed by atoms with Crippen molar-refractivity contribution in [2.24, 2.45) is 0 Å². The van der Waals surface area contributed by atoms with Crippen LogP contribution in [0.2, 0.25) is 0 Å². The van der Waals surface area contributed by atoms with E-state index in [0.29, 0.717) is 0 Å². The van der Waals surface area contributed by atoms with Crippen molar-refractivity contribution in [1.82, 2.24) is 20.1 Å². The Morgan fingerprint density at radius 3 is 2.95 bits per heavy atom. The largest absolute Gasteiger partial charge is 0.341 e. The Hall–Kier alpha value is -1.82. The number of benzene rings is 1. The summed E-state index contributed by atoms with van der Waals surface area (Å²) in [5.41, 5.74) is 0. The second-order valence-electron chi connectivity index (χ2n) is 5.47. The number of thioether (sulfide) groups is 1. The first-order valence-corrected chi connectivity index (χ1v) is 8.51. The Morgan fingerprint density at radius 1 is 1.45 bits per heavy atom. The Labute approximate surface area is 134 Å². The van der Waals surface area contributed by atoms with Crippen LogP contribution in [0.4, 0.5) is 0 Å². The van der Waals surface area contributed by atoms with Gasteiger partial charge in [0.15, 0.2) is 0 Å². The molecule has 6 heteroatoms. The summed E-state index contributed by atoms with van der Waals surface area (Å²) in [5.74, 6) is 1.41. The minimum absolute atomic E-state index is 0.0177. The van der Waals surface area contributed by atoms with Crippen molar-refractivity contribution in [3.63, 3.8) is 0 Å². The number of rotatable bonds is 5. The highest BCUT2D eigenvalue weighted by Crippen LogP contribution is 2.30. The molecule has 0 aliphatic carbocycles. The number of aromatic nitrogens is 3. The zero-order chi connectivity index (χ0) is 15.4. The van der Waals surface area contributed by atoms with Crippen LogP contribution in [0.1, 0.15) is 31.5 Å². The smallest absolute Gasteiger partial charge is 0.236 e. The van der Waals surface area contributed by atoms with Gasteiger partial charge in [-0.15, -0.1) is 11.8 Å². The zero-order valence-corrected chi connectivity index (χ0v) is 13.4. The summed E-state index contributed by atoms with van der Waals surface area (Å²) in [4.78, 5) is 20.1. The maximum absolute atomic E-state index is 12.8. The summed E-state index contributed by atoms with van der Waals surface area (Å²) in [7, 11) is 0. The first-order valence-electron chi connectivity index (χ1n) is 7.63. The maximum Gasteiger partial charge on any atom is 0.236 e. The second kappa shape index (κ2) is 6.96. The van der Waals surface area contributed by atoms with E-state index in [9.17, 15) is 4.79 Å². The Morgan fingerprint density at radius 2 is 2.27 bits per heavy atom. The predicted octanol–water partition coefficient (Wildman–Crippen LogP) is 2.69. The molecule has 0 saturated carbocycles. The summed E-state index contributed by atoms with van der Waals surface area (Å²) >= 11 is 1.66. The van der Waals surface area contributed by atoms with E-state index in [1.165, 1.54) is 6.33 Å². The first kappa shape index (κ1) is 15.1. The highest BCUT2D eigenvalue weighted by Gasteiger charge is 2.32. The lowest BCUT2D eigenvalue weighted by atomic mass is 10.1. The van der Waals surface area contributed by atoms with Crippen molar-refractivity contribution >= 4 is 17.7 Å². The summed E-state index contributed by atoms with van der Waals surface area (Å²) in [5, 5.41) is 6.80. The van der Waals surface area contributed by atoms with E-state index in [0.717, 1.165) is 36.7 Å². The van der Waals surface area contributed by atoms with Gasteiger partial charge in [0.05, 0.1) is 5.25 Å². The number of hydrogen-bond donors (Lipinski definition) is 1. The van der Waals surface area contributed by atoms with Crippen LogP contribution in [0, 0.1) is 0 Å². The number of nitrogens with zero attached hydrogens (tertiary/aromatic N) is 3. The Kier molecular flexibility index (Phi) is 4.77. The fraction of sp³-hybridized carbons (Fsp3) is 0.438. The van der Waals surface area contributed by atoms with Crippen molar-refractivity contribution in [1.29, 1.82) is 0 Å². The third-order valence-electron chi connectivity index (χ3n) is 3.99. The van der Waals surface area contributed by atoms with Crippen LogP contribution in [0.15, 0.2) is 41.6 Å². The molecule has 1 N–H and O–H groups in total. The third kappa shape index (κ3) is 3.32. The average molecular weight is 316 g/mol. The van der Waals surface area contributed by atoms with Crippen LogP contribution in [0.3, 0.4) is 0 Å². The third-order valence-corrected chi connectivity index (χ3v) is 5.35. The maximum atomic E-state index is 12.8. The molecular weight excluding hydrogens is 296 g/mol. The van der Waals surface area contributed by atoms with E-state index in [1.54, 1.807) is 11.8 Å². The molecule has 1 fully saturated rings. The number of likely N-dealkylation sites (tertiary alicyclic amines) is 1. The normalized spacial score (nSPS) is 19.3. The van der Waals surface area contributed by atoms with Crippen molar-refractivity contribution < 1.29 is 4.79 Å². The van der Waals surface area contributed by atoms with Gasteiger partial charge in [0.2, 0.25) is 5.91 Å². The van der Waals surface area contributed by atoms with Gasteiger partial charge in [-0.2, -0.15) is 5.10 Å². The SMILES string of the molecule is CCC(Sc1ccccc1)C(=O)N1CCC(c2ncn[nH]2)C1. The van der Waals surface area contributed by atoms with Gasteiger partial charge in [-0.05, 0) is 25.0 Å². The first-order chi connectivity index (χ1) is 10.8. The Bertz CT molecular complexity index is 602. The lowest BCUT2D eigenvalue weighted by Gasteiger charge is -2.22. The molecule has 1 saturated heterocycles. The molecule has 2 heterocycles. The van der Waals surface area contributed by atoms with Crippen LogP contribution < -0.4 is 0 Å². The molecular formula is C16H20N4OS. The summed E-state index contributed by atoms with van der Waals surface area (Å²) in [6.45, 7) is 3.61. The van der Waals surface area contributed by atoms with Crippen LogP contribution in [0.25, 0.3) is 0 Å². The van der Waals surface area contributed by atoms with E-state index in [4.69, 9.17) is 0 Å². The van der Waals surface area contributed by atoms with Crippen molar-refractivity contribution in [3.8, 4) is 0 Å². The molecule has 5 nitrogen and oxygen atoms in total. The monoisotopic (exact) mass is 316 g/mol. The highest BCUT2D eigenvalue weighted by atomic mass is 32.2. The van der Waals surface area contributed by atoms with Crippen molar-refractivity contribution in [3.05, 3.63) is 42.5 Å². The van der Waals surface area contributed by atoms with Gasteiger partial charge in [-0.1, -0.05) is 25.1 Å². The molecule has 2 aromatic rings. The van der Waals surface area contributed by atoms with Gasteiger partial charge in [-0.3, -0.25) is 9.89 Å². The molecule has 1 aromatic carbocycles. The number of hydrogen-bond acceptors (Lipinski definition) is 4. The predicted molar refractivity (Wildman–Crippen MR) is 86.7 cm³/mol. The Balaban J connectivity index is 1.62. The molecule has 0 spiro atoms. The molecule has 1 aliphatic rings. The van der Waals surface area contributed by atoms with Crippen LogP contribution in [-0.4, -0.2) is 44.3 Å². The summed E-state index contributed by atoms with van der Waals surface area (Å²) in [6, 6.07) is 10.1. The number of carbonyl (C=O) groups excluding carboxylic acids is 1. The number of aromatic amines is 1. The zero-order valence-electron chi connectivity index (χ0n) is 12.6. The lowest BCUT2D eigenvalue weighted by molar-refractivity contribution is -0.129. The lowest BCUT2D eigenvalue weighted by Crippen LogP contribution is -2.35. The van der Waals surface area contributed by atoms with E-state index >= 15 is 0 Å². The van der Waals surface area contributed by atoms with Gasteiger partial charge >= 0.3 is 0 Å². The second-order valence-corrected chi connectivity index (χ2v) is 6.74. The fourth-order valence-electron chi connectivity index (χ4n) is 2.77. The molecule has 22 heavy (non-hydrogen) atoms. The van der Waals surface area contributed by atoms with Crippen LogP contribution in [0.5, 0.6) is 0 Å². The standard InChI is InChI=1S/C16H20N4OS/c1-2-14(22-13-6-4-3-5-7-13)16(21)20-9-8-12(10-20)15-17-11-18-19-15/h3-7,11-12,14H,2,8-10H2,1H3,(H,17,18,19). The fourth-order valence-corrected chi connectivity index (χ4v) is 3.83. The molecule has 2 unspecified atom stereocenters. The summed E-state index contributed by atoms with van der Waals surface area (Å²) < 4.78 is 0. The van der Waals surface area contributed by atoms with Crippen molar-refractivity contribution in [2.45, 2.75) is 35.8 Å². The number of carbonyl (C=O) groups is 1. The molecule has 1 aromatic heterocycles. The van der Waals surface area contributed by atoms with E-state index in [2.05, 4.69) is 34.2 Å². The van der Waals surface area contributed by atoms with Crippen LogP contribution in [-0.2, 0) is 4.79 Å². The molecule has 0 bridgehead atoms. The molecule has 116 valence electrons. The highest BCUT2D eigenvalue weighted by molar-refractivity contribution is 8.00. The molecule has 1 amide bonds. The van der Waals surface area contributed by atoms with E-state index in [-0.39, 0.29) is 17.1 Å². The molecule has 0 radical (unpaired) electrons. The molecule has 1 aliphatic heterocycles. The van der Waals surface area contributed by atoms with Crippen molar-refractivity contribution in [2.75, 3.05) is 13.1 Å². The van der Waals surface area contributed by atoms with E-state index in [1.807, 2.05) is 23.1 Å². The number of H-pyrrole nitrogens is 1. The topological polar surface area (TPSA) is 61.9 Å². The van der Waals surface area contributed by atoms with Gasteiger partial charge in [0.25, 0.3) is 0 Å². The van der Waals surface area contributed by atoms with Gasteiger partial charge < -0.3 is 4.90 Å². The quantitative estimate of drug-likeness (QED) is 0.862. The summed E-state index contributed by atoms with van der Waals surface area (Å²) in [6.07, 6.45) is 3.31.